The molecule has 0 fully saturated rings. The lowest BCUT2D eigenvalue weighted by molar-refractivity contribution is -0.122. The first kappa shape index (κ1) is 16.7. The SMILES string of the molecule is CCC(Oc1cccc(OC)c1)C(=O)Nc1ccccc1OC. The Morgan fingerprint density at radius 3 is 2.48 bits per heavy atom. The Balaban J connectivity index is 2.09. The predicted octanol–water partition coefficient (Wildman–Crippen LogP) is 3.50. The molecular weight excluding hydrogens is 294 g/mol. The van der Waals surface area contributed by atoms with Crippen molar-refractivity contribution in [3.05, 3.63) is 48.5 Å². The zero-order chi connectivity index (χ0) is 16.7. The third kappa shape index (κ3) is 4.39. The highest BCUT2D eigenvalue weighted by molar-refractivity contribution is 5.95. The van der Waals surface area contributed by atoms with Crippen LogP contribution >= 0.6 is 0 Å². The van der Waals surface area contributed by atoms with Crippen molar-refractivity contribution < 1.29 is 19.0 Å². The Kier molecular flexibility index (Phi) is 5.86. The molecule has 5 heteroatoms. The fourth-order valence-electron chi connectivity index (χ4n) is 2.12. The van der Waals surface area contributed by atoms with Gasteiger partial charge in [-0.05, 0) is 30.7 Å². The Bertz CT molecular complexity index is 657. The summed E-state index contributed by atoms with van der Waals surface area (Å²) in [4.78, 5) is 12.4. The largest absolute Gasteiger partial charge is 0.497 e. The van der Waals surface area contributed by atoms with Crippen molar-refractivity contribution >= 4 is 11.6 Å². The second-order valence-electron chi connectivity index (χ2n) is 4.88. The summed E-state index contributed by atoms with van der Waals surface area (Å²) < 4.78 is 16.2. The van der Waals surface area contributed by atoms with E-state index < -0.39 is 6.10 Å². The van der Waals surface area contributed by atoms with E-state index in [-0.39, 0.29) is 5.91 Å². The second-order valence-corrected chi connectivity index (χ2v) is 4.88. The summed E-state index contributed by atoms with van der Waals surface area (Å²) in [6, 6.07) is 14.4. The Labute approximate surface area is 136 Å². The van der Waals surface area contributed by atoms with Crippen LogP contribution in [0, 0.1) is 0 Å². The van der Waals surface area contributed by atoms with Gasteiger partial charge in [-0.2, -0.15) is 0 Å². The maximum absolute atomic E-state index is 12.4. The van der Waals surface area contributed by atoms with Crippen LogP contribution in [0.4, 0.5) is 5.69 Å². The highest BCUT2D eigenvalue weighted by Crippen LogP contribution is 2.24. The number of ether oxygens (including phenoxy) is 3. The predicted molar refractivity (Wildman–Crippen MR) is 89.3 cm³/mol. The minimum Gasteiger partial charge on any atom is -0.497 e. The number of hydrogen-bond donors (Lipinski definition) is 1. The van der Waals surface area contributed by atoms with Crippen molar-refractivity contribution in [1.29, 1.82) is 0 Å². The van der Waals surface area contributed by atoms with Crippen LogP contribution < -0.4 is 19.5 Å². The van der Waals surface area contributed by atoms with Crippen LogP contribution in [-0.2, 0) is 4.79 Å². The second kappa shape index (κ2) is 8.08. The molecule has 0 bridgehead atoms. The summed E-state index contributed by atoms with van der Waals surface area (Å²) in [5, 5.41) is 2.84. The van der Waals surface area contributed by atoms with Crippen LogP contribution in [0.3, 0.4) is 0 Å². The van der Waals surface area contributed by atoms with Gasteiger partial charge >= 0.3 is 0 Å². The topological polar surface area (TPSA) is 56.8 Å². The van der Waals surface area contributed by atoms with E-state index in [9.17, 15) is 4.79 Å². The van der Waals surface area contributed by atoms with E-state index in [0.717, 1.165) is 0 Å². The fourth-order valence-corrected chi connectivity index (χ4v) is 2.12. The molecule has 1 amide bonds. The number of nitrogens with one attached hydrogen (secondary N) is 1. The molecule has 2 rings (SSSR count). The van der Waals surface area contributed by atoms with Gasteiger partial charge in [0.1, 0.15) is 17.2 Å². The zero-order valence-corrected chi connectivity index (χ0v) is 13.5. The minimum atomic E-state index is -0.605. The van der Waals surface area contributed by atoms with Gasteiger partial charge in [0.05, 0.1) is 19.9 Å². The summed E-state index contributed by atoms with van der Waals surface area (Å²) in [6.45, 7) is 1.90. The number of carbonyl (C=O) groups excluding carboxylic acids is 1. The van der Waals surface area contributed by atoms with Crippen molar-refractivity contribution in [3.8, 4) is 17.2 Å². The summed E-state index contributed by atoms with van der Waals surface area (Å²) in [7, 11) is 3.15. The molecule has 0 heterocycles. The average molecular weight is 315 g/mol. The van der Waals surface area contributed by atoms with Crippen molar-refractivity contribution in [1.82, 2.24) is 0 Å². The van der Waals surface area contributed by atoms with Crippen molar-refractivity contribution in [2.45, 2.75) is 19.4 Å². The number of carbonyl (C=O) groups is 1. The van der Waals surface area contributed by atoms with Gasteiger partial charge in [0.15, 0.2) is 6.10 Å². The zero-order valence-electron chi connectivity index (χ0n) is 13.5. The number of methoxy groups -OCH3 is 2. The lowest BCUT2D eigenvalue weighted by Gasteiger charge is -2.18. The molecule has 23 heavy (non-hydrogen) atoms. The first-order valence-corrected chi connectivity index (χ1v) is 7.42. The first-order valence-electron chi connectivity index (χ1n) is 7.42. The van der Waals surface area contributed by atoms with E-state index in [4.69, 9.17) is 14.2 Å². The summed E-state index contributed by atoms with van der Waals surface area (Å²) >= 11 is 0. The van der Waals surface area contributed by atoms with Gasteiger partial charge in [-0.3, -0.25) is 4.79 Å². The fraction of sp³-hybridized carbons (Fsp3) is 0.278. The molecule has 0 saturated heterocycles. The van der Waals surface area contributed by atoms with Crippen molar-refractivity contribution in [2.24, 2.45) is 0 Å². The summed E-state index contributed by atoms with van der Waals surface area (Å²) in [5.74, 6) is 1.66. The molecule has 0 aromatic heterocycles. The van der Waals surface area contributed by atoms with Gasteiger partial charge in [0, 0.05) is 6.07 Å². The molecule has 0 spiro atoms. The molecule has 5 nitrogen and oxygen atoms in total. The molecule has 122 valence electrons. The maximum Gasteiger partial charge on any atom is 0.265 e. The molecular formula is C18H21NO4. The maximum atomic E-state index is 12.4. The van der Waals surface area contributed by atoms with E-state index in [1.807, 2.05) is 31.2 Å². The van der Waals surface area contributed by atoms with Crippen LogP contribution in [0.15, 0.2) is 48.5 Å². The monoisotopic (exact) mass is 315 g/mol. The van der Waals surface area contributed by atoms with Gasteiger partial charge in [0.25, 0.3) is 5.91 Å². The van der Waals surface area contributed by atoms with Crippen LogP contribution in [0.25, 0.3) is 0 Å². The molecule has 0 aliphatic heterocycles. The molecule has 2 aromatic rings. The average Bonchev–Trinajstić information content (AvgIpc) is 2.60. The molecule has 0 aliphatic carbocycles. The number of anilines is 1. The van der Waals surface area contributed by atoms with Crippen LogP contribution in [0.1, 0.15) is 13.3 Å². The Morgan fingerprint density at radius 1 is 1.04 bits per heavy atom. The smallest absolute Gasteiger partial charge is 0.265 e. The number of para-hydroxylation sites is 2. The van der Waals surface area contributed by atoms with Crippen molar-refractivity contribution in [2.75, 3.05) is 19.5 Å². The molecule has 0 aliphatic rings. The quantitative estimate of drug-likeness (QED) is 0.849. The van der Waals surface area contributed by atoms with Crippen LogP contribution in [-0.4, -0.2) is 26.2 Å². The molecule has 0 radical (unpaired) electrons. The standard InChI is InChI=1S/C18H21NO4/c1-4-16(23-14-9-7-8-13(12-14)21-2)18(20)19-15-10-5-6-11-17(15)22-3/h5-12,16H,4H2,1-3H3,(H,19,20). The number of rotatable bonds is 7. The van der Waals surface area contributed by atoms with Gasteiger partial charge < -0.3 is 19.5 Å². The van der Waals surface area contributed by atoms with Crippen LogP contribution in [0.2, 0.25) is 0 Å². The lowest BCUT2D eigenvalue weighted by Crippen LogP contribution is -2.32. The molecule has 1 unspecified atom stereocenters. The van der Waals surface area contributed by atoms with Gasteiger partial charge in [-0.1, -0.05) is 25.1 Å². The minimum absolute atomic E-state index is 0.222. The van der Waals surface area contributed by atoms with Crippen LogP contribution in [0.5, 0.6) is 17.2 Å². The Hall–Kier alpha value is -2.69. The van der Waals surface area contributed by atoms with E-state index in [0.29, 0.717) is 29.4 Å². The van der Waals surface area contributed by atoms with E-state index in [2.05, 4.69) is 5.32 Å². The third-order valence-corrected chi connectivity index (χ3v) is 3.35. The van der Waals surface area contributed by atoms with Gasteiger partial charge in [-0.15, -0.1) is 0 Å². The third-order valence-electron chi connectivity index (χ3n) is 3.35. The van der Waals surface area contributed by atoms with Crippen molar-refractivity contribution in [3.63, 3.8) is 0 Å². The lowest BCUT2D eigenvalue weighted by atomic mass is 10.2. The normalized spacial score (nSPS) is 11.4. The van der Waals surface area contributed by atoms with Gasteiger partial charge in [0.2, 0.25) is 0 Å². The molecule has 1 atom stereocenters. The number of benzene rings is 2. The number of amides is 1. The van der Waals surface area contributed by atoms with E-state index in [1.165, 1.54) is 0 Å². The Morgan fingerprint density at radius 2 is 1.78 bits per heavy atom. The number of hydrogen-bond acceptors (Lipinski definition) is 4. The van der Waals surface area contributed by atoms with E-state index >= 15 is 0 Å². The first-order chi connectivity index (χ1) is 11.2. The van der Waals surface area contributed by atoms with E-state index in [1.54, 1.807) is 38.5 Å². The van der Waals surface area contributed by atoms with Gasteiger partial charge in [-0.25, -0.2) is 0 Å². The summed E-state index contributed by atoms with van der Waals surface area (Å²) in [5.41, 5.74) is 0.618. The molecule has 1 N–H and O–H groups in total. The summed E-state index contributed by atoms with van der Waals surface area (Å²) in [6.07, 6.45) is -0.0647. The molecule has 0 saturated carbocycles. The highest BCUT2D eigenvalue weighted by Gasteiger charge is 2.20. The highest BCUT2D eigenvalue weighted by atomic mass is 16.5. The molecule has 2 aromatic carbocycles.